The van der Waals surface area contributed by atoms with Crippen LogP contribution in [0.25, 0.3) is 11.1 Å². The van der Waals surface area contributed by atoms with Crippen LogP contribution in [0.15, 0.2) is 71.1 Å². The SMILES string of the molecule is CC(C)Oc1ccc(Oc2nc3ccc(Cl)cc3o2)cc1.Nc1ccccc1F. The summed E-state index contributed by atoms with van der Waals surface area (Å²) >= 11 is 5.90. The monoisotopic (exact) mass is 414 g/mol. The molecule has 0 amide bonds. The van der Waals surface area contributed by atoms with Crippen LogP contribution in [-0.2, 0) is 0 Å². The molecule has 29 heavy (non-hydrogen) atoms. The van der Waals surface area contributed by atoms with E-state index in [-0.39, 0.29) is 23.7 Å². The van der Waals surface area contributed by atoms with Gasteiger partial charge < -0.3 is 19.6 Å². The number of aromatic nitrogens is 1. The molecule has 0 unspecified atom stereocenters. The van der Waals surface area contributed by atoms with Crippen molar-refractivity contribution in [3.63, 3.8) is 0 Å². The zero-order valence-corrected chi connectivity index (χ0v) is 16.7. The van der Waals surface area contributed by atoms with Gasteiger partial charge in [-0.3, -0.25) is 0 Å². The third-order valence-electron chi connectivity index (χ3n) is 3.64. The number of benzene rings is 3. The second kappa shape index (κ2) is 9.30. The van der Waals surface area contributed by atoms with Gasteiger partial charge in [-0.05, 0) is 62.4 Å². The van der Waals surface area contributed by atoms with Crippen LogP contribution in [-0.4, -0.2) is 11.1 Å². The summed E-state index contributed by atoms with van der Waals surface area (Å²) in [5.41, 5.74) is 6.64. The summed E-state index contributed by atoms with van der Waals surface area (Å²) in [4.78, 5) is 4.24. The van der Waals surface area contributed by atoms with Crippen molar-refractivity contribution in [3.05, 3.63) is 77.6 Å². The minimum atomic E-state index is -0.354. The average molecular weight is 415 g/mol. The number of nitrogen functional groups attached to an aromatic ring is 1. The van der Waals surface area contributed by atoms with Gasteiger partial charge in [-0.15, -0.1) is 0 Å². The fourth-order valence-corrected chi connectivity index (χ4v) is 2.52. The molecular weight excluding hydrogens is 395 g/mol. The number of halogens is 2. The highest BCUT2D eigenvalue weighted by Gasteiger charge is 2.08. The Kier molecular flexibility index (Phi) is 6.57. The molecule has 4 aromatic rings. The van der Waals surface area contributed by atoms with Crippen LogP contribution in [0.4, 0.5) is 10.1 Å². The summed E-state index contributed by atoms with van der Waals surface area (Å²) in [5, 5.41) is 0.598. The zero-order valence-electron chi connectivity index (χ0n) is 15.9. The number of nitrogens with zero attached hydrogens (tertiary/aromatic N) is 1. The molecule has 0 fully saturated rings. The second-order valence-corrected chi connectivity index (χ2v) is 6.79. The van der Waals surface area contributed by atoms with Crippen molar-refractivity contribution in [1.82, 2.24) is 4.98 Å². The largest absolute Gasteiger partial charge is 0.491 e. The normalized spacial score (nSPS) is 10.5. The van der Waals surface area contributed by atoms with Gasteiger partial charge in [0, 0.05) is 11.1 Å². The number of hydrogen-bond acceptors (Lipinski definition) is 5. The molecule has 3 aromatic carbocycles. The van der Waals surface area contributed by atoms with E-state index in [4.69, 9.17) is 31.2 Å². The highest BCUT2D eigenvalue weighted by atomic mass is 35.5. The average Bonchev–Trinajstić information content (AvgIpc) is 3.07. The van der Waals surface area contributed by atoms with Crippen molar-refractivity contribution in [2.45, 2.75) is 20.0 Å². The lowest BCUT2D eigenvalue weighted by Crippen LogP contribution is -2.05. The van der Waals surface area contributed by atoms with Crippen molar-refractivity contribution in [2.75, 3.05) is 5.73 Å². The number of ether oxygens (including phenoxy) is 2. The van der Waals surface area contributed by atoms with Gasteiger partial charge in [0.15, 0.2) is 5.58 Å². The molecule has 0 atom stereocenters. The summed E-state index contributed by atoms with van der Waals surface area (Å²) in [6.07, 6.45) is 0.323. The molecule has 0 spiro atoms. The molecule has 4 rings (SSSR count). The Morgan fingerprint density at radius 1 is 1.00 bits per heavy atom. The molecule has 1 aromatic heterocycles. The molecule has 0 saturated heterocycles. The van der Waals surface area contributed by atoms with Crippen LogP contribution < -0.4 is 15.2 Å². The highest BCUT2D eigenvalue weighted by Crippen LogP contribution is 2.28. The lowest BCUT2D eigenvalue weighted by Gasteiger charge is -2.09. The number of rotatable bonds is 4. The first-order valence-corrected chi connectivity index (χ1v) is 9.29. The molecule has 5 nitrogen and oxygen atoms in total. The van der Waals surface area contributed by atoms with E-state index in [9.17, 15) is 4.39 Å². The topological polar surface area (TPSA) is 70.5 Å². The van der Waals surface area contributed by atoms with E-state index in [1.54, 1.807) is 42.5 Å². The molecule has 0 aliphatic carbocycles. The van der Waals surface area contributed by atoms with E-state index < -0.39 is 0 Å². The van der Waals surface area contributed by atoms with Crippen molar-refractivity contribution in [1.29, 1.82) is 0 Å². The number of anilines is 1. The first kappa shape index (κ1) is 20.5. The van der Waals surface area contributed by atoms with E-state index in [1.165, 1.54) is 12.1 Å². The predicted octanol–water partition coefficient (Wildman–Crippen LogP) is 6.47. The quantitative estimate of drug-likeness (QED) is 0.387. The molecule has 2 N–H and O–H groups in total. The minimum Gasteiger partial charge on any atom is -0.491 e. The van der Waals surface area contributed by atoms with Gasteiger partial charge in [0.25, 0.3) is 0 Å². The van der Waals surface area contributed by atoms with Crippen LogP contribution in [0.1, 0.15) is 13.8 Å². The summed E-state index contributed by atoms with van der Waals surface area (Å²) in [5.74, 6) is 1.07. The number of oxazole rings is 1. The third kappa shape index (κ3) is 5.86. The molecule has 0 saturated carbocycles. The van der Waals surface area contributed by atoms with E-state index in [1.807, 2.05) is 26.0 Å². The Morgan fingerprint density at radius 2 is 1.69 bits per heavy atom. The van der Waals surface area contributed by atoms with Gasteiger partial charge in [0.1, 0.15) is 22.8 Å². The highest BCUT2D eigenvalue weighted by molar-refractivity contribution is 6.31. The Labute approximate surface area is 172 Å². The fraction of sp³-hybridized carbons (Fsp3) is 0.136. The van der Waals surface area contributed by atoms with Crippen molar-refractivity contribution in [2.24, 2.45) is 0 Å². The molecule has 1 heterocycles. The van der Waals surface area contributed by atoms with Gasteiger partial charge in [0.05, 0.1) is 11.8 Å². The first-order chi connectivity index (χ1) is 13.9. The standard InChI is InChI=1S/C16H14ClNO3.C6H6FN/c1-10(2)19-12-4-6-13(7-5-12)20-16-18-14-8-3-11(17)9-15(14)21-16;7-5-3-1-2-4-6(5)8/h3-10H,1-2H3;1-4H,8H2. The van der Waals surface area contributed by atoms with Crippen LogP contribution in [0.2, 0.25) is 5.02 Å². The van der Waals surface area contributed by atoms with Gasteiger partial charge in [0.2, 0.25) is 0 Å². The van der Waals surface area contributed by atoms with E-state index in [2.05, 4.69) is 4.98 Å². The third-order valence-corrected chi connectivity index (χ3v) is 3.87. The van der Waals surface area contributed by atoms with Crippen LogP contribution >= 0.6 is 11.6 Å². The van der Waals surface area contributed by atoms with Gasteiger partial charge in [-0.2, -0.15) is 4.98 Å². The molecule has 0 radical (unpaired) electrons. The summed E-state index contributed by atoms with van der Waals surface area (Å²) < 4.78 is 28.9. The zero-order chi connectivity index (χ0) is 20.8. The first-order valence-electron chi connectivity index (χ1n) is 8.91. The lowest BCUT2D eigenvalue weighted by molar-refractivity contribution is 0.242. The van der Waals surface area contributed by atoms with Crippen molar-refractivity contribution in [3.8, 4) is 17.6 Å². The molecule has 150 valence electrons. The second-order valence-electron chi connectivity index (χ2n) is 6.35. The summed E-state index contributed by atoms with van der Waals surface area (Å²) in [7, 11) is 0. The van der Waals surface area contributed by atoms with Crippen molar-refractivity contribution >= 4 is 28.4 Å². The summed E-state index contributed by atoms with van der Waals surface area (Å²) in [6, 6.07) is 18.7. The van der Waals surface area contributed by atoms with Gasteiger partial charge >= 0.3 is 6.08 Å². The molecule has 0 bridgehead atoms. The van der Waals surface area contributed by atoms with Gasteiger partial charge in [-0.1, -0.05) is 23.7 Å². The van der Waals surface area contributed by atoms with Crippen LogP contribution in [0, 0.1) is 5.82 Å². The maximum atomic E-state index is 12.2. The maximum absolute atomic E-state index is 12.2. The molecular formula is C22H20ClFN2O3. The van der Waals surface area contributed by atoms with Crippen LogP contribution in [0.5, 0.6) is 17.6 Å². The van der Waals surface area contributed by atoms with E-state index in [0.717, 1.165) is 5.75 Å². The fourth-order valence-electron chi connectivity index (χ4n) is 2.36. The Bertz CT molecular complexity index is 1060. The van der Waals surface area contributed by atoms with E-state index in [0.29, 0.717) is 21.9 Å². The molecule has 7 heteroatoms. The smallest absolute Gasteiger partial charge is 0.400 e. The number of fused-ring (bicyclic) bond motifs is 1. The lowest BCUT2D eigenvalue weighted by atomic mass is 10.3. The van der Waals surface area contributed by atoms with Crippen LogP contribution in [0.3, 0.4) is 0 Å². The maximum Gasteiger partial charge on any atom is 0.400 e. The minimum absolute atomic E-state index is 0.138. The predicted molar refractivity (Wildman–Crippen MR) is 112 cm³/mol. The Balaban J connectivity index is 0.000000252. The number of nitrogens with two attached hydrogens (primary N) is 1. The molecule has 0 aliphatic rings. The Hall–Kier alpha value is -3.25. The van der Waals surface area contributed by atoms with Crippen molar-refractivity contribution < 1.29 is 18.3 Å². The summed E-state index contributed by atoms with van der Waals surface area (Å²) in [6.45, 7) is 3.96. The Morgan fingerprint density at radius 3 is 2.31 bits per heavy atom. The number of hydrogen-bond donors (Lipinski definition) is 1. The van der Waals surface area contributed by atoms with E-state index >= 15 is 0 Å². The number of para-hydroxylation sites is 1. The molecule has 0 aliphatic heterocycles. The van der Waals surface area contributed by atoms with Gasteiger partial charge in [-0.25, -0.2) is 4.39 Å².